The van der Waals surface area contributed by atoms with Gasteiger partial charge in [0.15, 0.2) is 0 Å². The molecule has 1 heterocycles. The molecule has 0 unspecified atom stereocenters. The minimum Gasteiger partial charge on any atom is -0.303 e. The van der Waals surface area contributed by atoms with Gasteiger partial charge in [-0.1, -0.05) is 36.4 Å². The highest BCUT2D eigenvalue weighted by Gasteiger charge is 2.16. The quantitative estimate of drug-likeness (QED) is 0.548. The third-order valence-corrected chi connectivity index (χ3v) is 3.30. The van der Waals surface area contributed by atoms with Crippen LogP contribution in [0.2, 0.25) is 0 Å². The summed E-state index contributed by atoms with van der Waals surface area (Å²) in [5, 5.41) is 0. The van der Waals surface area contributed by atoms with Gasteiger partial charge < -0.3 is 4.90 Å². The molecular formula is C9H17IN. The second-order valence-corrected chi connectivity index (χ2v) is 5.42. The minimum atomic E-state index is 0.931. The second-order valence-electron chi connectivity index (χ2n) is 3.66. The van der Waals surface area contributed by atoms with Crippen molar-refractivity contribution in [3.8, 4) is 0 Å². The first-order chi connectivity index (χ1) is 5.18. The highest BCUT2D eigenvalue weighted by Crippen LogP contribution is 2.18. The van der Waals surface area contributed by atoms with Crippen molar-refractivity contribution in [1.29, 1.82) is 0 Å². The number of likely N-dealkylation sites (tertiary alicyclic amines) is 1. The first-order valence-electron chi connectivity index (χ1n) is 4.34. The van der Waals surface area contributed by atoms with E-state index in [-0.39, 0.29) is 0 Å². The normalized spacial score (nSPS) is 22.9. The highest BCUT2D eigenvalue weighted by atomic mass is 127. The smallest absolute Gasteiger partial charge is 0.0134 e. The Kier molecular flexibility index (Phi) is 4.13. The molecular weight excluding hydrogens is 249 g/mol. The van der Waals surface area contributed by atoms with Gasteiger partial charge in [-0.05, 0) is 31.8 Å². The lowest BCUT2D eigenvalue weighted by molar-refractivity contribution is 0.245. The molecule has 0 aromatic heterocycles. The van der Waals surface area contributed by atoms with Gasteiger partial charge in [0.1, 0.15) is 0 Å². The van der Waals surface area contributed by atoms with Gasteiger partial charge in [0, 0.05) is 10.5 Å². The van der Waals surface area contributed by atoms with Crippen LogP contribution in [-0.4, -0.2) is 28.5 Å². The van der Waals surface area contributed by atoms with E-state index in [2.05, 4.69) is 41.3 Å². The molecule has 11 heavy (non-hydrogen) atoms. The molecule has 0 aromatic rings. The van der Waals surface area contributed by atoms with Crippen LogP contribution in [0.15, 0.2) is 0 Å². The van der Waals surface area contributed by atoms with E-state index in [1.807, 2.05) is 0 Å². The second kappa shape index (κ2) is 4.65. The maximum Gasteiger partial charge on any atom is 0.0134 e. The van der Waals surface area contributed by atoms with E-state index >= 15 is 0 Å². The third kappa shape index (κ3) is 3.74. The Bertz CT molecular complexity index is 106. The van der Waals surface area contributed by atoms with E-state index in [0.29, 0.717) is 0 Å². The molecule has 1 radical (unpaired) electrons. The fourth-order valence-electron chi connectivity index (χ4n) is 1.51. The highest BCUT2D eigenvalue weighted by molar-refractivity contribution is 14.1. The Labute approximate surface area is 83.7 Å². The van der Waals surface area contributed by atoms with Gasteiger partial charge in [-0.2, -0.15) is 0 Å². The van der Waals surface area contributed by atoms with E-state index in [1.54, 1.807) is 0 Å². The molecule has 0 atom stereocenters. The van der Waals surface area contributed by atoms with Crippen molar-refractivity contribution >= 4 is 22.6 Å². The summed E-state index contributed by atoms with van der Waals surface area (Å²) in [6.45, 7) is 8.26. The van der Waals surface area contributed by atoms with Gasteiger partial charge in [0.2, 0.25) is 0 Å². The average Bonchev–Trinajstić information content (AvgIpc) is 1.93. The van der Waals surface area contributed by atoms with Crippen LogP contribution in [0.5, 0.6) is 0 Å². The Morgan fingerprint density at radius 1 is 1.36 bits per heavy atom. The van der Waals surface area contributed by atoms with Gasteiger partial charge in [-0.3, -0.25) is 0 Å². The zero-order valence-electron chi connectivity index (χ0n) is 7.44. The number of rotatable bonds is 2. The Hall–Kier alpha value is 0.690. The fourth-order valence-corrected chi connectivity index (χ4v) is 2.06. The van der Waals surface area contributed by atoms with Crippen LogP contribution in [0.1, 0.15) is 26.7 Å². The molecule has 1 aliphatic heterocycles. The molecule has 0 bridgehead atoms. The molecule has 0 saturated carbocycles. The summed E-state index contributed by atoms with van der Waals surface area (Å²) in [7, 11) is 0. The van der Waals surface area contributed by atoms with Crippen molar-refractivity contribution < 1.29 is 0 Å². The Balaban J connectivity index is 2.17. The molecule has 1 aliphatic rings. The molecule has 0 spiro atoms. The van der Waals surface area contributed by atoms with Crippen molar-refractivity contribution in [2.24, 2.45) is 0 Å². The van der Waals surface area contributed by atoms with Crippen LogP contribution < -0.4 is 0 Å². The van der Waals surface area contributed by atoms with Crippen molar-refractivity contribution in [1.82, 2.24) is 4.90 Å². The predicted molar refractivity (Wildman–Crippen MR) is 58.1 cm³/mol. The molecule has 0 amide bonds. The summed E-state index contributed by atoms with van der Waals surface area (Å²) in [5.41, 5.74) is 0. The zero-order valence-corrected chi connectivity index (χ0v) is 9.60. The van der Waals surface area contributed by atoms with Gasteiger partial charge in [-0.15, -0.1) is 0 Å². The maximum absolute atomic E-state index is 2.57. The van der Waals surface area contributed by atoms with E-state index in [4.69, 9.17) is 0 Å². The van der Waals surface area contributed by atoms with Gasteiger partial charge in [-0.25, -0.2) is 0 Å². The van der Waals surface area contributed by atoms with Crippen LogP contribution in [0, 0.1) is 5.92 Å². The molecule has 1 saturated heterocycles. The SMILES string of the molecule is C[C](C)CN1CCC(I)CC1. The van der Waals surface area contributed by atoms with Gasteiger partial charge in [0.25, 0.3) is 0 Å². The zero-order chi connectivity index (χ0) is 8.27. The summed E-state index contributed by atoms with van der Waals surface area (Å²) in [6.07, 6.45) is 2.77. The molecule has 2 heteroatoms. The van der Waals surface area contributed by atoms with E-state index < -0.39 is 0 Å². The van der Waals surface area contributed by atoms with Crippen LogP contribution in [-0.2, 0) is 0 Å². The molecule has 0 N–H and O–H groups in total. The largest absolute Gasteiger partial charge is 0.303 e. The predicted octanol–water partition coefficient (Wildman–Crippen LogP) is 2.50. The number of piperidine rings is 1. The lowest BCUT2D eigenvalue weighted by Crippen LogP contribution is -2.35. The summed E-state index contributed by atoms with van der Waals surface area (Å²) in [6, 6.07) is 0. The number of halogens is 1. The molecule has 0 aromatic carbocycles. The summed E-state index contributed by atoms with van der Waals surface area (Å²) >= 11 is 2.57. The summed E-state index contributed by atoms with van der Waals surface area (Å²) < 4.78 is 0.931. The fraction of sp³-hybridized carbons (Fsp3) is 0.889. The number of hydrogen-bond acceptors (Lipinski definition) is 1. The molecule has 1 rings (SSSR count). The molecule has 65 valence electrons. The lowest BCUT2D eigenvalue weighted by Gasteiger charge is -2.30. The number of alkyl halides is 1. The number of hydrogen-bond donors (Lipinski definition) is 0. The summed E-state index contributed by atoms with van der Waals surface area (Å²) in [5.74, 6) is 1.54. The van der Waals surface area contributed by atoms with Crippen molar-refractivity contribution in [3.05, 3.63) is 5.92 Å². The topological polar surface area (TPSA) is 3.24 Å². The Morgan fingerprint density at radius 2 is 1.91 bits per heavy atom. The van der Waals surface area contributed by atoms with E-state index in [1.165, 1.54) is 38.4 Å². The molecule has 1 nitrogen and oxygen atoms in total. The first kappa shape index (κ1) is 9.78. The van der Waals surface area contributed by atoms with Crippen LogP contribution in [0.25, 0.3) is 0 Å². The minimum absolute atomic E-state index is 0.931. The third-order valence-electron chi connectivity index (χ3n) is 2.06. The average molecular weight is 266 g/mol. The van der Waals surface area contributed by atoms with Crippen molar-refractivity contribution in [2.75, 3.05) is 19.6 Å². The maximum atomic E-state index is 2.57. The van der Waals surface area contributed by atoms with Crippen molar-refractivity contribution in [2.45, 2.75) is 30.6 Å². The molecule has 1 fully saturated rings. The van der Waals surface area contributed by atoms with Crippen LogP contribution in [0.4, 0.5) is 0 Å². The van der Waals surface area contributed by atoms with Gasteiger partial charge >= 0.3 is 0 Å². The number of nitrogens with zero attached hydrogens (tertiary/aromatic N) is 1. The van der Waals surface area contributed by atoms with Crippen molar-refractivity contribution in [3.63, 3.8) is 0 Å². The van der Waals surface area contributed by atoms with Gasteiger partial charge in [0.05, 0.1) is 0 Å². The molecule has 0 aliphatic carbocycles. The Morgan fingerprint density at radius 3 is 2.36 bits per heavy atom. The standard InChI is InChI=1S/C9H17IN/c1-8(2)7-11-5-3-9(10)4-6-11/h9H,3-7H2,1-2H3. The first-order valence-corrected chi connectivity index (χ1v) is 5.58. The lowest BCUT2D eigenvalue weighted by atomic mass is 10.1. The van der Waals surface area contributed by atoms with Crippen LogP contribution >= 0.6 is 22.6 Å². The van der Waals surface area contributed by atoms with Crippen LogP contribution in [0.3, 0.4) is 0 Å². The van der Waals surface area contributed by atoms with E-state index in [0.717, 1.165) is 3.92 Å². The summed E-state index contributed by atoms with van der Waals surface area (Å²) in [4.78, 5) is 2.56. The van der Waals surface area contributed by atoms with E-state index in [9.17, 15) is 0 Å². The monoisotopic (exact) mass is 266 g/mol.